The van der Waals surface area contributed by atoms with E-state index < -0.39 is 0 Å². The van der Waals surface area contributed by atoms with E-state index in [1.165, 1.54) is 6.20 Å². The Hall–Kier alpha value is -2.96. The van der Waals surface area contributed by atoms with E-state index in [0.717, 1.165) is 18.9 Å². The largest absolute Gasteiger partial charge is 0.353 e. The van der Waals surface area contributed by atoms with Crippen molar-refractivity contribution in [3.8, 4) is 0 Å². The van der Waals surface area contributed by atoms with Crippen molar-refractivity contribution in [2.75, 3.05) is 44.2 Å². The molecule has 1 aliphatic rings. The fourth-order valence-electron chi connectivity index (χ4n) is 3.22. The maximum atomic E-state index is 12.9. The minimum absolute atomic E-state index is 0.0633. The Bertz CT molecular complexity index is 784. The molecule has 1 aliphatic heterocycles. The zero-order chi connectivity index (χ0) is 19.2. The molecule has 0 aromatic carbocycles. The van der Waals surface area contributed by atoms with Crippen LogP contribution in [0.4, 0.5) is 5.82 Å². The Morgan fingerprint density at radius 1 is 1.00 bits per heavy atom. The third-order valence-electron chi connectivity index (χ3n) is 4.82. The summed E-state index contributed by atoms with van der Waals surface area (Å²) in [6.07, 6.45) is 3.31. The molecular formula is C20H25N5O2. The second-order valence-corrected chi connectivity index (χ2v) is 6.37. The topological polar surface area (TPSA) is 69.6 Å². The zero-order valence-electron chi connectivity index (χ0n) is 15.8. The number of hydrogen-bond acceptors (Lipinski definition) is 5. The van der Waals surface area contributed by atoms with Crippen molar-refractivity contribution in [1.82, 2.24) is 19.8 Å². The van der Waals surface area contributed by atoms with Crippen LogP contribution in [-0.4, -0.2) is 70.9 Å². The summed E-state index contributed by atoms with van der Waals surface area (Å²) in [7, 11) is 0. The van der Waals surface area contributed by atoms with Crippen LogP contribution in [0.15, 0.2) is 42.7 Å². The van der Waals surface area contributed by atoms with E-state index >= 15 is 0 Å². The van der Waals surface area contributed by atoms with E-state index in [2.05, 4.69) is 14.9 Å². The minimum atomic E-state index is -0.144. The van der Waals surface area contributed by atoms with Crippen LogP contribution in [0.2, 0.25) is 0 Å². The molecule has 0 bridgehead atoms. The van der Waals surface area contributed by atoms with Gasteiger partial charge in [0.25, 0.3) is 11.8 Å². The molecule has 0 aliphatic carbocycles. The lowest BCUT2D eigenvalue weighted by Crippen LogP contribution is -2.49. The summed E-state index contributed by atoms with van der Waals surface area (Å²) in [4.78, 5) is 39.6. The van der Waals surface area contributed by atoms with Gasteiger partial charge in [-0.05, 0) is 38.1 Å². The Morgan fingerprint density at radius 2 is 1.74 bits per heavy atom. The first kappa shape index (κ1) is 18.8. The second-order valence-electron chi connectivity index (χ2n) is 6.37. The molecule has 2 amide bonds. The Balaban J connectivity index is 1.67. The number of amides is 2. The molecule has 1 saturated heterocycles. The highest BCUT2D eigenvalue weighted by molar-refractivity contribution is 5.98. The summed E-state index contributed by atoms with van der Waals surface area (Å²) >= 11 is 0. The van der Waals surface area contributed by atoms with Crippen LogP contribution < -0.4 is 4.90 Å². The second kappa shape index (κ2) is 8.62. The smallest absolute Gasteiger partial charge is 0.272 e. The highest BCUT2D eigenvalue weighted by Gasteiger charge is 2.24. The van der Waals surface area contributed by atoms with Crippen molar-refractivity contribution in [1.29, 1.82) is 0 Å². The molecule has 142 valence electrons. The van der Waals surface area contributed by atoms with Gasteiger partial charge in [0.2, 0.25) is 0 Å². The highest BCUT2D eigenvalue weighted by Crippen LogP contribution is 2.15. The summed E-state index contributed by atoms with van der Waals surface area (Å²) in [6, 6.07) is 9.11. The van der Waals surface area contributed by atoms with E-state index in [4.69, 9.17) is 0 Å². The molecule has 7 heteroatoms. The fraction of sp³-hybridized carbons (Fsp3) is 0.400. The minimum Gasteiger partial charge on any atom is -0.353 e. The Labute approximate surface area is 159 Å². The molecule has 2 aromatic rings. The van der Waals surface area contributed by atoms with Crippen LogP contribution in [0.25, 0.3) is 0 Å². The van der Waals surface area contributed by atoms with E-state index in [0.29, 0.717) is 37.4 Å². The first-order chi connectivity index (χ1) is 13.1. The van der Waals surface area contributed by atoms with Gasteiger partial charge in [0.1, 0.15) is 11.5 Å². The van der Waals surface area contributed by atoms with Gasteiger partial charge in [-0.2, -0.15) is 0 Å². The van der Waals surface area contributed by atoms with Crippen molar-refractivity contribution < 1.29 is 9.59 Å². The van der Waals surface area contributed by atoms with Gasteiger partial charge in [-0.3, -0.25) is 14.6 Å². The van der Waals surface area contributed by atoms with Crippen molar-refractivity contribution in [3.05, 3.63) is 54.0 Å². The number of piperazine rings is 1. The van der Waals surface area contributed by atoms with Gasteiger partial charge in [0.15, 0.2) is 0 Å². The number of nitrogens with zero attached hydrogens (tertiary/aromatic N) is 5. The molecular weight excluding hydrogens is 342 g/mol. The van der Waals surface area contributed by atoms with Crippen LogP contribution >= 0.6 is 0 Å². The zero-order valence-corrected chi connectivity index (χ0v) is 15.8. The number of anilines is 1. The molecule has 27 heavy (non-hydrogen) atoms. The number of aromatic nitrogens is 2. The lowest BCUT2D eigenvalue weighted by molar-refractivity contribution is 0.0746. The fourth-order valence-corrected chi connectivity index (χ4v) is 3.22. The molecule has 3 heterocycles. The maximum Gasteiger partial charge on any atom is 0.272 e. The Morgan fingerprint density at radius 3 is 2.37 bits per heavy atom. The summed E-state index contributed by atoms with van der Waals surface area (Å²) in [6.45, 7) is 7.80. The number of carbonyl (C=O) groups is 2. The average molecular weight is 367 g/mol. The highest BCUT2D eigenvalue weighted by atomic mass is 16.2. The molecule has 3 rings (SSSR count). The average Bonchev–Trinajstić information content (AvgIpc) is 2.75. The normalized spacial score (nSPS) is 14.1. The molecule has 2 aromatic heterocycles. The van der Waals surface area contributed by atoms with E-state index in [1.807, 2.05) is 36.9 Å². The lowest BCUT2D eigenvalue weighted by atomic mass is 10.1. The van der Waals surface area contributed by atoms with Crippen LogP contribution in [0.3, 0.4) is 0 Å². The van der Waals surface area contributed by atoms with Gasteiger partial charge in [-0.15, -0.1) is 0 Å². The standard InChI is InChI=1S/C20H25N5O2/c1-3-23(4-2)20(27)17-15-16(8-10-21-17)19(26)25-13-11-24(12-14-25)18-7-5-6-9-22-18/h5-10,15H,3-4,11-14H2,1-2H3. The molecule has 0 saturated carbocycles. The maximum absolute atomic E-state index is 12.9. The van der Waals surface area contributed by atoms with Crippen LogP contribution in [0, 0.1) is 0 Å². The number of rotatable bonds is 5. The predicted molar refractivity (Wildman–Crippen MR) is 104 cm³/mol. The predicted octanol–water partition coefficient (Wildman–Crippen LogP) is 1.92. The van der Waals surface area contributed by atoms with Crippen LogP contribution in [0.1, 0.15) is 34.7 Å². The van der Waals surface area contributed by atoms with E-state index in [9.17, 15) is 9.59 Å². The first-order valence-electron chi connectivity index (χ1n) is 9.34. The number of hydrogen-bond donors (Lipinski definition) is 0. The third-order valence-corrected chi connectivity index (χ3v) is 4.82. The molecule has 0 unspecified atom stereocenters. The van der Waals surface area contributed by atoms with Gasteiger partial charge in [0, 0.05) is 57.2 Å². The lowest BCUT2D eigenvalue weighted by Gasteiger charge is -2.35. The summed E-state index contributed by atoms with van der Waals surface area (Å²) in [5.74, 6) is 0.724. The van der Waals surface area contributed by atoms with Gasteiger partial charge in [-0.1, -0.05) is 6.07 Å². The summed E-state index contributed by atoms with van der Waals surface area (Å²) in [5, 5.41) is 0. The molecule has 7 nitrogen and oxygen atoms in total. The van der Waals surface area contributed by atoms with Crippen LogP contribution in [0.5, 0.6) is 0 Å². The summed E-state index contributed by atoms with van der Waals surface area (Å²) < 4.78 is 0. The van der Waals surface area contributed by atoms with Gasteiger partial charge >= 0.3 is 0 Å². The van der Waals surface area contributed by atoms with Gasteiger partial charge in [-0.25, -0.2) is 4.98 Å². The van der Waals surface area contributed by atoms with Crippen molar-refractivity contribution in [2.45, 2.75) is 13.8 Å². The molecule has 0 atom stereocenters. The first-order valence-corrected chi connectivity index (χ1v) is 9.34. The monoisotopic (exact) mass is 367 g/mol. The van der Waals surface area contributed by atoms with E-state index in [1.54, 1.807) is 23.2 Å². The van der Waals surface area contributed by atoms with Crippen molar-refractivity contribution >= 4 is 17.6 Å². The van der Waals surface area contributed by atoms with Crippen molar-refractivity contribution in [2.24, 2.45) is 0 Å². The number of carbonyl (C=O) groups excluding carboxylic acids is 2. The Kier molecular flexibility index (Phi) is 6.01. The molecule has 1 fully saturated rings. The molecule has 0 radical (unpaired) electrons. The molecule has 0 spiro atoms. The van der Waals surface area contributed by atoms with E-state index in [-0.39, 0.29) is 11.8 Å². The van der Waals surface area contributed by atoms with Crippen LogP contribution in [-0.2, 0) is 0 Å². The third kappa shape index (κ3) is 4.24. The summed E-state index contributed by atoms with van der Waals surface area (Å²) in [5.41, 5.74) is 0.823. The quantitative estimate of drug-likeness (QED) is 0.808. The van der Waals surface area contributed by atoms with Crippen molar-refractivity contribution in [3.63, 3.8) is 0 Å². The number of pyridine rings is 2. The van der Waals surface area contributed by atoms with Gasteiger partial charge < -0.3 is 14.7 Å². The van der Waals surface area contributed by atoms with Gasteiger partial charge in [0.05, 0.1) is 0 Å². The molecule has 0 N–H and O–H groups in total. The SMILES string of the molecule is CCN(CC)C(=O)c1cc(C(=O)N2CCN(c3ccccn3)CC2)ccn1.